The Kier molecular flexibility index (Phi) is 6.34. The number of nitrogens with zero attached hydrogens (tertiary/aromatic N) is 4. The lowest BCUT2D eigenvalue weighted by Gasteiger charge is -2.31. The van der Waals surface area contributed by atoms with Crippen LogP contribution in [0, 0.1) is 0 Å². The maximum atomic E-state index is 12.9. The van der Waals surface area contributed by atoms with Gasteiger partial charge in [0.2, 0.25) is 0 Å². The van der Waals surface area contributed by atoms with Crippen LogP contribution in [0.15, 0.2) is 47.5 Å². The van der Waals surface area contributed by atoms with E-state index in [0.29, 0.717) is 42.6 Å². The van der Waals surface area contributed by atoms with Gasteiger partial charge in [-0.3, -0.25) is 0 Å². The van der Waals surface area contributed by atoms with Crippen molar-refractivity contribution < 1.29 is 26.3 Å². The zero-order chi connectivity index (χ0) is 24.5. The fraction of sp³-hybridized carbons (Fsp3) is 0.318. The SMILES string of the molecule is CCOc1nc2c(c(Nc3ccc(C(F)(F)F)cc3)n1)CCN(c1ncccc1S(C)(=O)=O)C2. The molecule has 3 heterocycles. The lowest BCUT2D eigenvalue weighted by molar-refractivity contribution is -0.137. The Morgan fingerprint density at radius 2 is 1.88 bits per heavy atom. The number of sulfone groups is 1. The van der Waals surface area contributed by atoms with Crippen molar-refractivity contribution in [3.8, 4) is 6.01 Å². The third-order valence-corrected chi connectivity index (χ3v) is 6.36. The summed E-state index contributed by atoms with van der Waals surface area (Å²) in [6.07, 6.45) is -1.30. The Bertz CT molecular complexity index is 1300. The van der Waals surface area contributed by atoms with Gasteiger partial charge in [-0.25, -0.2) is 13.4 Å². The van der Waals surface area contributed by atoms with Gasteiger partial charge < -0.3 is 15.0 Å². The normalized spacial score (nSPS) is 14.0. The van der Waals surface area contributed by atoms with Gasteiger partial charge in [-0.15, -0.1) is 0 Å². The smallest absolute Gasteiger partial charge is 0.416 e. The molecule has 0 spiro atoms. The van der Waals surface area contributed by atoms with E-state index in [9.17, 15) is 21.6 Å². The summed E-state index contributed by atoms with van der Waals surface area (Å²) in [6.45, 7) is 2.82. The molecule has 0 radical (unpaired) electrons. The predicted molar refractivity (Wildman–Crippen MR) is 120 cm³/mol. The molecule has 12 heteroatoms. The second-order valence-electron chi connectivity index (χ2n) is 7.68. The molecule has 8 nitrogen and oxygen atoms in total. The van der Waals surface area contributed by atoms with Crippen molar-refractivity contribution in [3.63, 3.8) is 0 Å². The van der Waals surface area contributed by atoms with E-state index in [-0.39, 0.29) is 17.5 Å². The van der Waals surface area contributed by atoms with Crippen molar-refractivity contribution in [3.05, 3.63) is 59.4 Å². The maximum Gasteiger partial charge on any atom is 0.416 e. The Morgan fingerprint density at radius 1 is 1.15 bits per heavy atom. The van der Waals surface area contributed by atoms with Crippen molar-refractivity contribution in [2.75, 3.05) is 29.6 Å². The third-order valence-electron chi connectivity index (χ3n) is 5.24. The molecule has 0 bridgehead atoms. The van der Waals surface area contributed by atoms with Crippen molar-refractivity contribution in [1.82, 2.24) is 15.0 Å². The fourth-order valence-electron chi connectivity index (χ4n) is 3.67. The highest BCUT2D eigenvalue weighted by molar-refractivity contribution is 7.90. The number of hydrogen-bond donors (Lipinski definition) is 1. The molecule has 1 aliphatic rings. The highest BCUT2D eigenvalue weighted by Crippen LogP contribution is 2.33. The number of pyridine rings is 1. The lowest BCUT2D eigenvalue weighted by Crippen LogP contribution is -2.33. The van der Waals surface area contributed by atoms with Gasteiger partial charge >= 0.3 is 12.2 Å². The minimum absolute atomic E-state index is 0.113. The molecule has 180 valence electrons. The topological polar surface area (TPSA) is 97.3 Å². The van der Waals surface area contributed by atoms with Crippen molar-refractivity contribution in [2.45, 2.75) is 31.0 Å². The first kappa shape index (κ1) is 23.7. The van der Waals surface area contributed by atoms with Crippen LogP contribution < -0.4 is 15.0 Å². The van der Waals surface area contributed by atoms with Crippen LogP contribution in [-0.2, 0) is 29.0 Å². The van der Waals surface area contributed by atoms with Crippen LogP contribution in [-0.4, -0.2) is 42.8 Å². The minimum atomic E-state index is -4.42. The molecule has 0 saturated heterocycles. The summed E-state index contributed by atoms with van der Waals surface area (Å²) in [4.78, 5) is 15.1. The molecule has 1 N–H and O–H groups in total. The molecule has 0 unspecified atom stereocenters. The molecule has 34 heavy (non-hydrogen) atoms. The van der Waals surface area contributed by atoms with Crippen LogP contribution in [0.1, 0.15) is 23.7 Å². The molecule has 3 aromatic rings. The Labute approximate surface area is 194 Å². The minimum Gasteiger partial charge on any atom is -0.464 e. The van der Waals surface area contributed by atoms with Gasteiger partial charge in [-0.1, -0.05) is 0 Å². The monoisotopic (exact) mass is 493 g/mol. The van der Waals surface area contributed by atoms with Crippen molar-refractivity contribution in [1.29, 1.82) is 0 Å². The highest BCUT2D eigenvalue weighted by atomic mass is 32.2. The Balaban J connectivity index is 1.68. The molecule has 0 aliphatic carbocycles. The largest absolute Gasteiger partial charge is 0.464 e. The summed E-state index contributed by atoms with van der Waals surface area (Å²) in [5.41, 5.74) is 1.08. The zero-order valence-corrected chi connectivity index (χ0v) is 19.2. The number of aromatic nitrogens is 3. The summed E-state index contributed by atoms with van der Waals surface area (Å²) in [5, 5.41) is 3.07. The summed E-state index contributed by atoms with van der Waals surface area (Å²) in [7, 11) is -3.49. The number of anilines is 3. The molecule has 0 saturated carbocycles. The van der Waals surface area contributed by atoms with Crippen LogP contribution in [0.4, 0.5) is 30.5 Å². The number of halogens is 3. The number of hydrogen-bond acceptors (Lipinski definition) is 8. The third kappa shape index (κ3) is 5.06. The van der Waals surface area contributed by atoms with Gasteiger partial charge in [-0.05, 0) is 49.7 Å². The highest BCUT2D eigenvalue weighted by Gasteiger charge is 2.30. The Hall–Kier alpha value is -3.41. The van der Waals surface area contributed by atoms with Gasteiger partial charge in [-0.2, -0.15) is 23.1 Å². The lowest BCUT2D eigenvalue weighted by atomic mass is 10.1. The second-order valence-corrected chi connectivity index (χ2v) is 9.67. The first-order chi connectivity index (χ1) is 16.1. The first-order valence-corrected chi connectivity index (χ1v) is 12.3. The van der Waals surface area contributed by atoms with E-state index in [1.54, 1.807) is 13.0 Å². The van der Waals surface area contributed by atoms with E-state index in [1.807, 2.05) is 4.90 Å². The second kappa shape index (κ2) is 9.09. The zero-order valence-electron chi connectivity index (χ0n) is 18.4. The van der Waals surface area contributed by atoms with E-state index >= 15 is 0 Å². The molecule has 4 rings (SSSR count). The van der Waals surface area contributed by atoms with E-state index in [0.717, 1.165) is 24.0 Å². The van der Waals surface area contributed by atoms with E-state index in [2.05, 4.69) is 20.3 Å². The number of fused-ring (bicyclic) bond motifs is 1. The van der Waals surface area contributed by atoms with E-state index < -0.39 is 21.6 Å². The standard InChI is InChI=1S/C22H22F3N5O3S/c1-3-33-21-28-17-13-30(20-18(34(2,31)32)5-4-11-26-20)12-10-16(17)19(29-21)27-15-8-6-14(7-9-15)22(23,24)25/h4-9,11H,3,10,12-13H2,1-2H3,(H,27,28,29). The fourth-order valence-corrected chi connectivity index (χ4v) is 4.51. The van der Waals surface area contributed by atoms with Crippen LogP contribution in [0.25, 0.3) is 0 Å². The van der Waals surface area contributed by atoms with Gasteiger partial charge in [0.25, 0.3) is 0 Å². The molecule has 0 amide bonds. The van der Waals surface area contributed by atoms with Gasteiger partial charge in [0, 0.05) is 30.2 Å². The molecule has 1 aliphatic heterocycles. The first-order valence-electron chi connectivity index (χ1n) is 10.4. The number of alkyl halides is 3. The number of benzene rings is 1. The molecular weight excluding hydrogens is 471 g/mol. The molecule has 2 aromatic heterocycles. The van der Waals surface area contributed by atoms with Gasteiger partial charge in [0.05, 0.1) is 24.4 Å². The van der Waals surface area contributed by atoms with E-state index in [1.165, 1.54) is 24.4 Å². The molecule has 0 atom stereocenters. The summed E-state index contributed by atoms with van der Waals surface area (Å²) >= 11 is 0. The van der Waals surface area contributed by atoms with E-state index in [4.69, 9.17) is 4.74 Å². The summed E-state index contributed by atoms with van der Waals surface area (Å²) in [6, 6.07) is 7.85. The van der Waals surface area contributed by atoms with Crippen LogP contribution >= 0.6 is 0 Å². The van der Waals surface area contributed by atoms with Gasteiger partial charge in [0.15, 0.2) is 9.84 Å². The number of ether oxygens (including phenoxy) is 1. The molecule has 0 fully saturated rings. The molecule has 1 aromatic carbocycles. The quantitative estimate of drug-likeness (QED) is 0.551. The number of rotatable bonds is 6. The average molecular weight is 494 g/mol. The average Bonchev–Trinajstić information content (AvgIpc) is 2.78. The maximum absolute atomic E-state index is 12.9. The predicted octanol–water partition coefficient (Wildman–Crippen LogP) is 4.00. The van der Waals surface area contributed by atoms with Crippen molar-refractivity contribution >= 4 is 27.2 Å². The van der Waals surface area contributed by atoms with Crippen molar-refractivity contribution in [2.24, 2.45) is 0 Å². The van der Waals surface area contributed by atoms with Crippen LogP contribution in [0.5, 0.6) is 6.01 Å². The summed E-state index contributed by atoms with van der Waals surface area (Å²) in [5.74, 6) is 0.765. The van der Waals surface area contributed by atoms with Crippen LogP contribution in [0.3, 0.4) is 0 Å². The summed E-state index contributed by atoms with van der Waals surface area (Å²) < 4.78 is 68.6. The van der Waals surface area contributed by atoms with Crippen LogP contribution in [0.2, 0.25) is 0 Å². The molecular formula is C22H22F3N5O3S. The Morgan fingerprint density at radius 3 is 2.53 bits per heavy atom. The van der Waals surface area contributed by atoms with Gasteiger partial charge in [0.1, 0.15) is 16.5 Å². The number of nitrogens with one attached hydrogen (secondary N) is 1.